The monoisotopic (exact) mass is 95.1 g/mol. The van der Waals surface area contributed by atoms with Crippen LogP contribution in [0.1, 0.15) is 12.8 Å². The van der Waals surface area contributed by atoms with Gasteiger partial charge in [-0.15, -0.1) is 0 Å². The van der Waals surface area contributed by atoms with Crippen LogP contribution >= 0.6 is 0 Å². The predicted molar refractivity (Wildman–Crippen MR) is 31.6 cm³/mol. The van der Waals surface area contributed by atoms with Crippen molar-refractivity contribution in [1.29, 1.82) is 0 Å². The molecule has 0 aromatic heterocycles. The third kappa shape index (κ3) is 1.52. The molecular weight excluding hydrogens is 84.9 g/mol. The highest BCUT2D eigenvalue weighted by Crippen LogP contribution is 2.09. The number of rotatable bonds is 0. The van der Waals surface area contributed by atoms with E-state index in [1.807, 2.05) is 0 Å². The highest BCUT2D eigenvalue weighted by molar-refractivity contribution is 6.11. The van der Waals surface area contributed by atoms with E-state index >= 15 is 0 Å². The summed E-state index contributed by atoms with van der Waals surface area (Å²) in [6.07, 6.45) is 2.45. The van der Waals surface area contributed by atoms with Gasteiger partial charge in [0.2, 0.25) is 0 Å². The molecule has 0 bridgehead atoms. The van der Waals surface area contributed by atoms with E-state index in [2.05, 4.69) is 5.32 Å². The maximum absolute atomic E-state index is 5.57. The van der Waals surface area contributed by atoms with Crippen molar-refractivity contribution in [2.24, 2.45) is 0 Å². The minimum atomic E-state index is 0.425. The lowest BCUT2D eigenvalue weighted by molar-refractivity contribution is 0.520. The normalized spacial score (nSPS) is 32.9. The molecule has 0 aromatic carbocycles. The fourth-order valence-electron chi connectivity index (χ4n) is 0.879. The van der Waals surface area contributed by atoms with Crippen molar-refractivity contribution in [3.05, 3.63) is 0 Å². The van der Waals surface area contributed by atoms with E-state index in [-0.39, 0.29) is 0 Å². The summed E-state index contributed by atoms with van der Waals surface area (Å²) in [5, 5.41) is 3.21. The minimum Gasteiger partial charge on any atom is -0.317 e. The van der Waals surface area contributed by atoms with E-state index in [9.17, 15) is 0 Å². The Morgan fingerprint density at radius 3 is 2.71 bits per heavy atom. The van der Waals surface area contributed by atoms with E-state index in [1.54, 1.807) is 0 Å². The van der Waals surface area contributed by atoms with Crippen LogP contribution in [0.4, 0.5) is 0 Å². The van der Waals surface area contributed by atoms with Crippen LogP contribution in [0.15, 0.2) is 0 Å². The quantitative estimate of drug-likeness (QED) is 0.427. The van der Waals surface area contributed by atoms with Gasteiger partial charge in [-0.2, -0.15) is 0 Å². The Balaban J connectivity index is 2.12. The lowest BCUT2D eigenvalue weighted by Crippen LogP contribution is -2.26. The lowest BCUT2D eigenvalue weighted by atomic mass is 9.82. The van der Waals surface area contributed by atoms with E-state index in [1.165, 1.54) is 12.8 Å². The molecule has 1 saturated heterocycles. The highest BCUT2D eigenvalue weighted by Gasteiger charge is 2.04. The average molecular weight is 95.0 g/mol. The molecule has 0 saturated carbocycles. The van der Waals surface area contributed by atoms with Crippen LogP contribution in [0.2, 0.25) is 5.82 Å². The molecule has 0 amide bonds. The van der Waals surface area contributed by atoms with Crippen LogP contribution in [0.5, 0.6) is 0 Å². The second kappa shape index (κ2) is 2.36. The third-order valence-electron chi connectivity index (χ3n) is 1.33. The summed E-state index contributed by atoms with van der Waals surface area (Å²) in [7, 11) is 5.57. The molecule has 1 nitrogen and oxygen atoms in total. The fraction of sp³-hybridized carbons (Fsp3) is 1.00. The Morgan fingerprint density at radius 1 is 1.57 bits per heavy atom. The van der Waals surface area contributed by atoms with Crippen molar-refractivity contribution >= 4 is 7.85 Å². The Kier molecular flexibility index (Phi) is 1.74. The van der Waals surface area contributed by atoms with E-state index in [4.69, 9.17) is 7.85 Å². The maximum Gasteiger partial charge on any atom is 0.0716 e. The SMILES string of the molecule is [B]C1CCCNC1. The first-order valence-corrected chi connectivity index (χ1v) is 2.86. The molecule has 1 aliphatic rings. The molecule has 2 heteroatoms. The Hall–Kier alpha value is 0.0249. The molecule has 38 valence electrons. The van der Waals surface area contributed by atoms with Crippen molar-refractivity contribution in [2.45, 2.75) is 18.7 Å². The van der Waals surface area contributed by atoms with Gasteiger partial charge in [-0.25, -0.2) is 0 Å². The molecule has 2 radical (unpaired) electrons. The molecule has 1 fully saturated rings. The zero-order valence-corrected chi connectivity index (χ0v) is 4.48. The van der Waals surface area contributed by atoms with Gasteiger partial charge in [0.25, 0.3) is 0 Å². The molecule has 7 heavy (non-hydrogen) atoms. The van der Waals surface area contributed by atoms with Crippen LogP contribution < -0.4 is 5.32 Å². The van der Waals surface area contributed by atoms with Gasteiger partial charge in [-0.1, -0.05) is 12.2 Å². The lowest BCUT2D eigenvalue weighted by Gasteiger charge is -2.17. The van der Waals surface area contributed by atoms with Gasteiger partial charge in [0, 0.05) is 0 Å². The first-order chi connectivity index (χ1) is 3.39. The fourth-order valence-corrected chi connectivity index (χ4v) is 0.879. The summed E-state index contributed by atoms with van der Waals surface area (Å²) < 4.78 is 0. The average Bonchev–Trinajstić information content (AvgIpc) is 1.69. The molecule has 0 spiro atoms. The Labute approximate surface area is 45.9 Å². The van der Waals surface area contributed by atoms with Crippen LogP contribution in [0.25, 0.3) is 0 Å². The standard InChI is InChI=1S/C5H10BN/c6-5-2-1-3-7-4-5/h5,7H,1-4H2. The Bertz CT molecular complexity index is 50.0. The Morgan fingerprint density at radius 2 is 2.43 bits per heavy atom. The van der Waals surface area contributed by atoms with Gasteiger partial charge < -0.3 is 5.32 Å². The molecular formula is C5H10BN. The van der Waals surface area contributed by atoms with Gasteiger partial charge in [-0.05, 0) is 19.5 Å². The second-order valence-electron chi connectivity index (χ2n) is 2.11. The van der Waals surface area contributed by atoms with Gasteiger partial charge in [0.1, 0.15) is 0 Å². The zero-order chi connectivity index (χ0) is 5.11. The molecule has 1 rings (SSSR count). The summed E-state index contributed by atoms with van der Waals surface area (Å²) in [5.74, 6) is 0.425. The van der Waals surface area contributed by atoms with E-state index in [0.717, 1.165) is 13.1 Å². The van der Waals surface area contributed by atoms with Gasteiger partial charge in [-0.3, -0.25) is 0 Å². The van der Waals surface area contributed by atoms with E-state index in [0.29, 0.717) is 5.82 Å². The molecule has 1 heterocycles. The third-order valence-corrected chi connectivity index (χ3v) is 1.33. The summed E-state index contributed by atoms with van der Waals surface area (Å²) >= 11 is 0. The first-order valence-electron chi connectivity index (χ1n) is 2.86. The smallest absolute Gasteiger partial charge is 0.0716 e. The molecule has 1 atom stereocenters. The highest BCUT2D eigenvalue weighted by atomic mass is 14.9. The van der Waals surface area contributed by atoms with Crippen molar-refractivity contribution < 1.29 is 0 Å². The van der Waals surface area contributed by atoms with Crippen LogP contribution in [-0.2, 0) is 0 Å². The zero-order valence-electron chi connectivity index (χ0n) is 4.48. The summed E-state index contributed by atoms with van der Waals surface area (Å²) in [6.45, 7) is 2.17. The van der Waals surface area contributed by atoms with Gasteiger partial charge in [0.15, 0.2) is 0 Å². The molecule has 0 aliphatic carbocycles. The number of piperidine rings is 1. The van der Waals surface area contributed by atoms with Crippen molar-refractivity contribution in [3.8, 4) is 0 Å². The van der Waals surface area contributed by atoms with Crippen molar-refractivity contribution in [1.82, 2.24) is 5.32 Å². The molecule has 1 aliphatic heterocycles. The van der Waals surface area contributed by atoms with Crippen LogP contribution in [0.3, 0.4) is 0 Å². The minimum absolute atomic E-state index is 0.425. The number of hydrogen-bond acceptors (Lipinski definition) is 1. The van der Waals surface area contributed by atoms with Gasteiger partial charge in [0.05, 0.1) is 7.85 Å². The molecule has 0 aromatic rings. The summed E-state index contributed by atoms with van der Waals surface area (Å²) in [6, 6.07) is 0. The van der Waals surface area contributed by atoms with Crippen molar-refractivity contribution in [3.63, 3.8) is 0 Å². The second-order valence-corrected chi connectivity index (χ2v) is 2.11. The number of hydrogen-bond donors (Lipinski definition) is 1. The number of nitrogens with one attached hydrogen (secondary N) is 1. The summed E-state index contributed by atoms with van der Waals surface area (Å²) in [4.78, 5) is 0. The molecule has 1 N–H and O–H groups in total. The van der Waals surface area contributed by atoms with Crippen LogP contribution in [0, 0.1) is 0 Å². The van der Waals surface area contributed by atoms with Gasteiger partial charge >= 0.3 is 0 Å². The predicted octanol–water partition coefficient (Wildman–Crippen LogP) is 0.327. The first kappa shape index (κ1) is 5.17. The largest absolute Gasteiger partial charge is 0.317 e. The maximum atomic E-state index is 5.57. The summed E-state index contributed by atoms with van der Waals surface area (Å²) in [5.41, 5.74) is 0. The van der Waals surface area contributed by atoms with E-state index < -0.39 is 0 Å². The van der Waals surface area contributed by atoms with Crippen LogP contribution in [-0.4, -0.2) is 20.9 Å². The molecule has 1 unspecified atom stereocenters. The van der Waals surface area contributed by atoms with Crippen molar-refractivity contribution in [2.75, 3.05) is 13.1 Å². The topological polar surface area (TPSA) is 12.0 Å².